The predicted molar refractivity (Wildman–Crippen MR) is 85.0 cm³/mol. The monoisotopic (exact) mass is 348 g/mol. The maximum atomic E-state index is 12.3. The molecule has 4 N–H and O–H groups in total. The highest BCUT2D eigenvalue weighted by molar-refractivity contribution is 7.98. The number of rotatable bonds is 7. The molecule has 2 amide bonds. The Morgan fingerprint density at radius 2 is 2.05 bits per heavy atom. The van der Waals surface area contributed by atoms with Crippen molar-refractivity contribution < 1.29 is 22.2 Å². The molecule has 1 aliphatic carbocycles. The highest BCUT2D eigenvalue weighted by atomic mass is 32.2. The van der Waals surface area contributed by atoms with E-state index in [9.17, 15) is 18.0 Å². The highest BCUT2D eigenvalue weighted by Gasteiger charge is 2.56. The first kappa shape index (κ1) is 18.6. The number of allylic oxidation sites excluding steroid dienone is 2. The summed E-state index contributed by atoms with van der Waals surface area (Å²) >= 11 is 1.44. The van der Waals surface area contributed by atoms with Gasteiger partial charge in [0.1, 0.15) is 11.2 Å². The molecule has 0 heterocycles. The molecule has 9 heteroatoms. The van der Waals surface area contributed by atoms with Gasteiger partial charge in [-0.3, -0.25) is 9.59 Å². The summed E-state index contributed by atoms with van der Waals surface area (Å²) in [5.41, 5.74) is 9.34. The minimum atomic E-state index is -3.89. The van der Waals surface area contributed by atoms with Crippen LogP contribution in [0.2, 0.25) is 0 Å². The molecule has 7 nitrogen and oxygen atoms in total. The van der Waals surface area contributed by atoms with Gasteiger partial charge in [0.25, 0.3) is 0 Å². The summed E-state index contributed by atoms with van der Waals surface area (Å²) in [6.07, 6.45) is 6.89. The number of hydrogen-bond acceptors (Lipinski definition) is 6. The van der Waals surface area contributed by atoms with E-state index < -0.39 is 39.2 Å². The van der Waals surface area contributed by atoms with Gasteiger partial charge in [0.05, 0.1) is 12.2 Å². The van der Waals surface area contributed by atoms with Crippen molar-refractivity contribution in [2.45, 2.75) is 6.92 Å². The fraction of sp³-hybridized carbons (Fsp3) is 0.538. The lowest BCUT2D eigenvalue weighted by molar-refractivity contribution is -0.138. The van der Waals surface area contributed by atoms with E-state index in [4.69, 9.17) is 15.7 Å². The number of thioether (sulfide) groups is 1. The van der Waals surface area contributed by atoms with Gasteiger partial charge in [-0.25, -0.2) is 0 Å². The average molecular weight is 348 g/mol. The van der Waals surface area contributed by atoms with Crippen LogP contribution in [-0.2, 0) is 23.9 Å². The lowest BCUT2D eigenvalue weighted by atomic mass is 9.63. The normalized spacial score (nSPS) is 26.1. The second-order valence-corrected chi connectivity index (χ2v) is 7.66. The molecule has 3 atom stereocenters. The van der Waals surface area contributed by atoms with E-state index in [1.165, 1.54) is 30.0 Å². The molecule has 0 radical (unpaired) electrons. The molecule has 0 aliphatic heterocycles. The Hall–Kier alpha value is -1.48. The molecular weight excluding hydrogens is 328 g/mol. The van der Waals surface area contributed by atoms with Crippen LogP contribution in [0.3, 0.4) is 0 Å². The summed E-state index contributed by atoms with van der Waals surface area (Å²) in [5, 5.41) is 0. The third-order valence-corrected chi connectivity index (χ3v) is 4.91. The molecule has 0 aromatic heterocycles. The van der Waals surface area contributed by atoms with Gasteiger partial charge in [-0.05, 0) is 24.0 Å². The topological polar surface area (TPSA) is 130 Å². The Kier molecular flexibility index (Phi) is 5.69. The summed E-state index contributed by atoms with van der Waals surface area (Å²) in [6, 6.07) is 0. The van der Waals surface area contributed by atoms with E-state index in [1.807, 2.05) is 6.26 Å². The van der Waals surface area contributed by atoms with Crippen LogP contribution in [0.5, 0.6) is 0 Å². The van der Waals surface area contributed by atoms with E-state index >= 15 is 0 Å². The van der Waals surface area contributed by atoms with Crippen molar-refractivity contribution in [3.63, 3.8) is 0 Å². The Balaban J connectivity index is 3.56. The Morgan fingerprint density at radius 3 is 2.45 bits per heavy atom. The Morgan fingerprint density at radius 1 is 1.45 bits per heavy atom. The molecule has 0 saturated carbocycles. The predicted octanol–water partition coefficient (Wildman–Crippen LogP) is -0.0114. The van der Waals surface area contributed by atoms with Gasteiger partial charge in [-0.1, -0.05) is 19.1 Å². The first-order valence-electron chi connectivity index (χ1n) is 6.44. The van der Waals surface area contributed by atoms with Crippen molar-refractivity contribution in [2.24, 2.45) is 28.7 Å². The number of hydrogen-bond donors (Lipinski definition) is 2. The van der Waals surface area contributed by atoms with Crippen LogP contribution in [0.15, 0.2) is 24.0 Å². The summed E-state index contributed by atoms with van der Waals surface area (Å²) in [4.78, 5) is 24.1. The molecule has 22 heavy (non-hydrogen) atoms. The molecule has 0 spiro atoms. The van der Waals surface area contributed by atoms with Crippen LogP contribution in [0.25, 0.3) is 0 Å². The van der Waals surface area contributed by atoms with Gasteiger partial charge < -0.3 is 15.7 Å². The minimum Gasteiger partial charge on any atom is -0.386 e. The molecule has 0 aromatic rings. The number of nitrogens with two attached hydrogens (primary N) is 2. The van der Waals surface area contributed by atoms with Crippen molar-refractivity contribution in [3.05, 3.63) is 24.0 Å². The summed E-state index contributed by atoms with van der Waals surface area (Å²) in [7, 11) is -3.89. The highest BCUT2D eigenvalue weighted by Crippen LogP contribution is 2.47. The largest absolute Gasteiger partial charge is 0.386 e. The van der Waals surface area contributed by atoms with E-state index in [-0.39, 0.29) is 5.76 Å². The van der Waals surface area contributed by atoms with Crippen LogP contribution in [0.4, 0.5) is 0 Å². The van der Waals surface area contributed by atoms with Crippen molar-refractivity contribution in [3.8, 4) is 0 Å². The van der Waals surface area contributed by atoms with Crippen molar-refractivity contribution in [1.29, 1.82) is 0 Å². The number of primary amides is 2. The molecule has 0 aromatic carbocycles. The smallest absolute Gasteiger partial charge is 0.305 e. The van der Waals surface area contributed by atoms with Crippen molar-refractivity contribution in [2.75, 3.05) is 18.3 Å². The second kappa shape index (κ2) is 6.74. The standard InChI is InChI=1S/C13H20N2O5S2/c1-8(7-21-2)13(12(15)17)9(11(14)16)5-4-6-10(13)20-22(3,18)19/h4-6,8-9H,7H2,1-3H3,(H2,14,16)(H2,15,17). The molecular formula is C13H20N2O5S2. The van der Waals surface area contributed by atoms with Crippen LogP contribution in [0, 0.1) is 17.3 Å². The Labute approximate surface area is 134 Å². The van der Waals surface area contributed by atoms with E-state index in [2.05, 4.69) is 0 Å². The first-order valence-corrected chi connectivity index (χ1v) is 9.65. The minimum absolute atomic E-state index is 0.171. The number of carbonyl (C=O) groups is 2. The fourth-order valence-electron chi connectivity index (χ4n) is 2.72. The fourth-order valence-corrected chi connectivity index (χ4v) is 4.01. The van der Waals surface area contributed by atoms with Gasteiger partial charge >= 0.3 is 10.1 Å². The lowest BCUT2D eigenvalue weighted by Crippen LogP contribution is -2.54. The van der Waals surface area contributed by atoms with Crippen LogP contribution >= 0.6 is 11.8 Å². The van der Waals surface area contributed by atoms with Gasteiger partial charge in [0.15, 0.2) is 0 Å². The van der Waals surface area contributed by atoms with Crippen LogP contribution < -0.4 is 11.5 Å². The second-order valence-electron chi connectivity index (χ2n) is 5.17. The maximum Gasteiger partial charge on any atom is 0.305 e. The van der Waals surface area contributed by atoms with Crippen LogP contribution in [-0.4, -0.2) is 38.5 Å². The molecule has 3 unspecified atom stereocenters. The first-order chi connectivity index (χ1) is 10.1. The quantitative estimate of drug-likeness (QED) is 0.622. The summed E-state index contributed by atoms with van der Waals surface area (Å²) < 4.78 is 28.0. The third-order valence-electron chi connectivity index (χ3n) is 3.60. The van der Waals surface area contributed by atoms with E-state index in [1.54, 1.807) is 6.92 Å². The van der Waals surface area contributed by atoms with E-state index in [0.29, 0.717) is 5.75 Å². The van der Waals surface area contributed by atoms with Gasteiger partial charge in [0, 0.05) is 0 Å². The molecule has 1 rings (SSSR count). The zero-order valence-corrected chi connectivity index (χ0v) is 14.2. The van der Waals surface area contributed by atoms with Gasteiger partial charge in [-0.2, -0.15) is 20.2 Å². The zero-order chi connectivity index (χ0) is 17.1. The lowest BCUT2D eigenvalue weighted by Gasteiger charge is -2.41. The Bertz CT molecular complexity index is 626. The van der Waals surface area contributed by atoms with Gasteiger partial charge in [-0.15, -0.1) is 0 Å². The summed E-state index contributed by atoms with van der Waals surface area (Å²) in [5.74, 6) is -2.87. The third kappa shape index (κ3) is 3.46. The number of amides is 2. The molecule has 124 valence electrons. The SMILES string of the molecule is CSCC(C)C1(C(N)=O)C(OS(C)(=O)=O)=CC=CC1C(N)=O. The maximum absolute atomic E-state index is 12.3. The van der Waals surface area contributed by atoms with Crippen molar-refractivity contribution >= 4 is 33.7 Å². The van der Waals surface area contributed by atoms with Crippen LogP contribution in [0.1, 0.15) is 6.92 Å². The molecule has 1 aliphatic rings. The number of carbonyl (C=O) groups excluding carboxylic acids is 2. The molecule has 0 fully saturated rings. The average Bonchev–Trinajstić information content (AvgIpc) is 2.36. The molecule has 0 bridgehead atoms. The van der Waals surface area contributed by atoms with Gasteiger partial charge in [0.2, 0.25) is 11.8 Å². The van der Waals surface area contributed by atoms with E-state index in [0.717, 1.165) is 6.26 Å². The molecule has 0 saturated heterocycles. The zero-order valence-electron chi connectivity index (χ0n) is 12.6. The van der Waals surface area contributed by atoms with Crippen molar-refractivity contribution in [1.82, 2.24) is 0 Å². The summed E-state index contributed by atoms with van der Waals surface area (Å²) in [6.45, 7) is 1.70.